The van der Waals surface area contributed by atoms with Crippen molar-refractivity contribution >= 4 is 23.0 Å². The number of hydrogen-bond acceptors (Lipinski definition) is 2. The average molecular weight is 323 g/mol. The largest absolute Gasteiger partial charge is 0.497 e. The maximum atomic E-state index is 5.61. The molecule has 0 radical (unpaired) electrons. The SMILES string of the molecule is COc1ccc(NC(=S)N(CCC(C)C)CCC(C)C)cc1. The van der Waals surface area contributed by atoms with Crippen LogP contribution in [0.3, 0.4) is 0 Å². The Labute approximate surface area is 141 Å². The smallest absolute Gasteiger partial charge is 0.173 e. The van der Waals surface area contributed by atoms with Crippen LogP contribution in [0.4, 0.5) is 5.69 Å². The van der Waals surface area contributed by atoms with Crippen LogP contribution in [0.5, 0.6) is 5.75 Å². The zero-order chi connectivity index (χ0) is 16.5. The molecule has 0 aliphatic carbocycles. The van der Waals surface area contributed by atoms with Crippen LogP contribution >= 0.6 is 12.2 Å². The van der Waals surface area contributed by atoms with Gasteiger partial charge in [0, 0.05) is 18.8 Å². The van der Waals surface area contributed by atoms with Gasteiger partial charge in [0.2, 0.25) is 0 Å². The van der Waals surface area contributed by atoms with E-state index in [0.29, 0.717) is 11.8 Å². The average Bonchev–Trinajstić information content (AvgIpc) is 2.47. The van der Waals surface area contributed by atoms with Crippen LogP contribution in [0.25, 0.3) is 0 Å². The molecule has 1 rings (SSSR count). The van der Waals surface area contributed by atoms with Gasteiger partial charge < -0.3 is 15.0 Å². The fraction of sp³-hybridized carbons (Fsp3) is 0.611. The summed E-state index contributed by atoms with van der Waals surface area (Å²) in [6.45, 7) is 11.0. The molecular weight excluding hydrogens is 292 g/mol. The molecule has 1 N–H and O–H groups in total. The Kier molecular flexibility index (Phi) is 8.25. The summed E-state index contributed by atoms with van der Waals surface area (Å²) in [6.07, 6.45) is 2.31. The molecule has 22 heavy (non-hydrogen) atoms. The van der Waals surface area contributed by atoms with Crippen LogP contribution in [0.1, 0.15) is 40.5 Å². The van der Waals surface area contributed by atoms with Crippen LogP contribution in [0.15, 0.2) is 24.3 Å². The molecule has 0 bridgehead atoms. The number of anilines is 1. The van der Waals surface area contributed by atoms with Crippen molar-refractivity contribution in [3.05, 3.63) is 24.3 Å². The third-order valence-corrected chi connectivity index (χ3v) is 3.94. The second kappa shape index (κ2) is 9.67. The van der Waals surface area contributed by atoms with Crippen molar-refractivity contribution < 1.29 is 4.74 Å². The molecule has 3 nitrogen and oxygen atoms in total. The Bertz CT molecular complexity index is 431. The summed E-state index contributed by atoms with van der Waals surface area (Å²) in [5.41, 5.74) is 1.00. The second-order valence-corrected chi connectivity index (χ2v) is 6.90. The van der Waals surface area contributed by atoms with E-state index in [1.807, 2.05) is 24.3 Å². The lowest BCUT2D eigenvalue weighted by molar-refractivity contribution is 0.358. The zero-order valence-corrected chi connectivity index (χ0v) is 15.4. The van der Waals surface area contributed by atoms with Gasteiger partial charge in [0.05, 0.1) is 7.11 Å². The summed E-state index contributed by atoms with van der Waals surface area (Å²) in [6, 6.07) is 7.87. The van der Waals surface area contributed by atoms with Crippen LogP contribution in [-0.4, -0.2) is 30.2 Å². The molecular formula is C18H30N2OS. The van der Waals surface area contributed by atoms with Gasteiger partial charge in [-0.3, -0.25) is 0 Å². The van der Waals surface area contributed by atoms with E-state index in [-0.39, 0.29) is 0 Å². The molecule has 124 valence electrons. The first-order valence-corrected chi connectivity index (χ1v) is 8.53. The van der Waals surface area contributed by atoms with Gasteiger partial charge in [-0.25, -0.2) is 0 Å². The fourth-order valence-corrected chi connectivity index (χ4v) is 2.32. The molecule has 0 heterocycles. The summed E-state index contributed by atoms with van der Waals surface area (Å²) < 4.78 is 5.18. The molecule has 0 aromatic heterocycles. The number of nitrogens with zero attached hydrogens (tertiary/aromatic N) is 1. The Morgan fingerprint density at radius 1 is 1.05 bits per heavy atom. The third-order valence-electron chi connectivity index (χ3n) is 3.58. The van der Waals surface area contributed by atoms with E-state index >= 15 is 0 Å². The molecule has 0 saturated heterocycles. The molecule has 0 saturated carbocycles. The molecule has 4 heteroatoms. The molecule has 0 amide bonds. The summed E-state index contributed by atoms with van der Waals surface area (Å²) in [4.78, 5) is 2.29. The van der Waals surface area contributed by atoms with Crippen LogP contribution < -0.4 is 10.1 Å². The quantitative estimate of drug-likeness (QED) is 0.696. The minimum absolute atomic E-state index is 0.685. The number of benzene rings is 1. The highest BCUT2D eigenvalue weighted by atomic mass is 32.1. The minimum Gasteiger partial charge on any atom is -0.497 e. The fourth-order valence-electron chi connectivity index (χ4n) is 2.02. The van der Waals surface area contributed by atoms with Gasteiger partial charge >= 0.3 is 0 Å². The molecule has 0 fully saturated rings. The first-order chi connectivity index (χ1) is 10.4. The van der Waals surface area contributed by atoms with E-state index in [1.165, 1.54) is 0 Å². The number of nitrogens with one attached hydrogen (secondary N) is 1. The number of thiocarbonyl (C=S) groups is 1. The van der Waals surface area contributed by atoms with E-state index in [1.54, 1.807) is 7.11 Å². The summed E-state index contributed by atoms with van der Waals surface area (Å²) in [5, 5.41) is 4.15. The van der Waals surface area contributed by atoms with E-state index in [4.69, 9.17) is 17.0 Å². The molecule has 0 aliphatic heterocycles. The van der Waals surface area contributed by atoms with Crippen molar-refractivity contribution in [3.63, 3.8) is 0 Å². The van der Waals surface area contributed by atoms with Crippen molar-refractivity contribution in [1.82, 2.24) is 4.90 Å². The first-order valence-electron chi connectivity index (χ1n) is 8.12. The standard InChI is InChI=1S/C18H30N2OS/c1-14(2)10-12-20(13-11-15(3)4)18(22)19-16-6-8-17(21-5)9-7-16/h6-9,14-15H,10-13H2,1-5H3,(H,19,22). The van der Waals surface area contributed by atoms with E-state index < -0.39 is 0 Å². The number of rotatable bonds is 8. The van der Waals surface area contributed by atoms with Crippen molar-refractivity contribution in [2.75, 3.05) is 25.5 Å². The van der Waals surface area contributed by atoms with E-state index in [2.05, 4.69) is 37.9 Å². The Morgan fingerprint density at radius 2 is 1.55 bits per heavy atom. The molecule has 0 atom stereocenters. The predicted molar refractivity (Wildman–Crippen MR) is 99.7 cm³/mol. The van der Waals surface area contributed by atoms with Crippen LogP contribution in [0.2, 0.25) is 0 Å². The van der Waals surface area contributed by atoms with E-state index in [9.17, 15) is 0 Å². The van der Waals surface area contributed by atoms with Crippen molar-refractivity contribution in [2.24, 2.45) is 11.8 Å². The molecule has 0 unspecified atom stereocenters. The van der Waals surface area contributed by atoms with Gasteiger partial charge in [-0.1, -0.05) is 27.7 Å². The predicted octanol–water partition coefficient (Wildman–Crippen LogP) is 4.79. The topological polar surface area (TPSA) is 24.5 Å². The van der Waals surface area contributed by atoms with Crippen molar-refractivity contribution in [3.8, 4) is 5.75 Å². The van der Waals surface area contributed by atoms with Crippen LogP contribution in [0, 0.1) is 11.8 Å². The molecule has 0 aliphatic rings. The maximum absolute atomic E-state index is 5.61. The van der Waals surface area contributed by atoms with Gasteiger partial charge in [0.25, 0.3) is 0 Å². The molecule has 1 aromatic carbocycles. The summed E-state index contributed by atoms with van der Waals surface area (Å²) >= 11 is 5.61. The van der Waals surface area contributed by atoms with Gasteiger partial charge in [-0.15, -0.1) is 0 Å². The Morgan fingerprint density at radius 3 is 1.95 bits per heavy atom. The highest BCUT2D eigenvalue weighted by Gasteiger charge is 2.11. The lowest BCUT2D eigenvalue weighted by atomic mass is 10.1. The maximum Gasteiger partial charge on any atom is 0.173 e. The third kappa shape index (κ3) is 7.12. The Hall–Kier alpha value is -1.29. The number of hydrogen-bond donors (Lipinski definition) is 1. The lowest BCUT2D eigenvalue weighted by Gasteiger charge is -2.27. The second-order valence-electron chi connectivity index (χ2n) is 6.51. The van der Waals surface area contributed by atoms with Gasteiger partial charge in [-0.05, 0) is 61.2 Å². The van der Waals surface area contributed by atoms with Gasteiger partial charge in [0.15, 0.2) is 5.11 Å². The summed E-state index contributed by atoms with van der Waals surface area (Å²) in [7, 11) is 1.67. The van der Waals surface area contributed by atoms with Crippen LogP contribution in [-0.2, 0) is 0 Å². The van der Waals surface area contributed by atoms with E-state index in [0.717, 1.165) is 42.5 Å². The zero-order valence-electron chi connectivity index (χ0n) is 14.6. The first kappa shape index (κ1) is 18.8. The monoisotopic (exact) mass is 322 g/mol. The highest BCUT2D eigenvalue weighted by Crippen LogP contribution is 2.16. The molecule has 1 aromatic rings. The normalized spacial score (nSPS) is 10.9. The lowest BCUT2D eigenvalue weighted by Crippen LogP contribution is -2.37. The van der Waals surface area contributed by atoms with Gasteiger partial charge in [-0.2, -0.15) is 0 Å². The minimum atomic E-state index is 0.685. The highest BCUT2D eigenvalue weighted by molar-refractivity contribution is 7.80. The summed E-state index contributed by atoms with van der Waals surface area (Å²) in [5.74, 6) is 2.23. The van der Waals surface area contributed by atoms with Crippen molar-refractivity contribution in [1.29, 1.82) is 0 Å². The Balaban J connectivity index is 2.63. The number of methoxy groups -OCH3 is 1. The number of ether oxygens (including phenoxy) is 1. The van der Waals surface area contributed by atoms with Crippen molar-refractivity contribution in [2.45, 2.75) is 40.5 Å². The molecule has 0 spiro atoms. The van der Waals surface area contributed by atoms with Gasteiger partial charge in [0.1, 0.15) is 5.75 Å².